The van der Waals surface area contributed by atoms with Crippen LogP contribution in [0, 0.1) is 0 Å². The first kappa shape index (κ1) is 18.0. The maximum Gasteiger partial charge on any atom is 0.171 e. The van der Waals surface area contributed by atoms with Crippen molar-refractivity contribution in [3.05, 3.63) is 63.6 Å². The van der Waals surface area contributed by atoms with Gasteiger partial charge in [0.05, 0.1) is 14.1 Å². The van der Waals surface area contributed by atoms with Crippen LogP contribution in [0.3, 0.4) is 0 Å². The van der Waals surface area contributed by atoms with Gasteiger partial charge in [0.2, 0.25) is 0 Å². The summed E-state index contributed by atoms with van der Waals surface area (Å²) < 4.78 is 0. The summed E-state index contributed by atoms with van der Waals surface area (Å²) in [4.78, 5) is 1.38. The van der Waals surface area contributed by atoms with Gasteiger partial charge in [-0.05, 0) is 36.0 Å². The van der Waals surface area contributed by atoms with Gasteiger partial charge < -0.3 is 15.5 Å². The van der Waals surface area contributed by atoms with Crippen LogP contribution in [0.4, 0.5) is 5.69 Å². The Kier molecular flexibility index (Phi) is 6.66. The highest BCUT2D eigenvalue weighted by Crippen LogP contribution is 2.22. The van der Waals surface area contributed by atoms with Gasteiger partial charge in [-0.2, -0.15) is 0 Å². The molecule has 0 bridgehead atoms. The number of hydrogen-bond acceptors (Lipinski definition) is 1. The van der Waals surface area contributed by atoms with Crippen LogP contribution in [0.1, 0.15) is 11.1 Å². The van der Waals surface area contributed by atoms with E-state index < -0.39 is 0 Å². The molecular weight excluding hydrogens is 349 g/mol. The lowest BCUT2D eigenvalue weighted by atomic mass is 10.1. The first-order valence-electron chi connectivity index (χ1n) is 7.31. The van der Waals surface area contributed by atoms with Crippen LogP contribution in [-0.4, -0.2) is 19.2 Å². The molecule has 0 aliphatic heterocycles. The third kappa shape index (κ3) is 5.99. The predicted octanol–water partition coefficient (Wildman–Crippen LogP) is 3.12. The summed E-state index contributed by atoms with van der Waals surface area (Å²) in [5, 5.41) is 8.01. The number of anilines is 1. The normalized spacial score (nSPS) is 10.7. The maximum atomic E-state index is 5.99. The van der Waals surface area contributed by atoms with Gasteiger partial charge in [-0.15, -0.1) is 0 Å². The topological polar surface area (TPSA) is 28.5 Å². The third-order valence-electron chi connectivity index (χ3n) is 3.22. The molecule has 0 spiro atoms. The number of thiocarbonyl (C=S) groups is 1. The van der Waals surface area contributed by atoms with E-state index >= 15 is 0 Å². The number of quaternary nitrogens is 1. The van der Waals surface area contributed by atoms with Crippen molar-refractivity contribution in [3.8, 4) is 0 Å². The molecule has 0 unspecified atom stereocenters. The summed E-state index contributed by atoms with van der Waals surface area (Å²) in [6.45, 7) is 1.64. The van der Waals surface area contributed by atoms with Crippen LogP contribution in [-0.2, 0) is 13.1 Å². The van der Waals surface area contributed by atoms with Gasteiger partial charge in [0.15, 0.2) is 5.11 Å². The lowest BCUT2D eigenvalue weighted by molar-refractivity contribution is -0.872. The van der Waals surface area contributed by atoms with Crippen molar-refractivity contribution < 1.29 is 4.90 Å². The molecule has 0 aromatic heterocycles. The highest BCUT2D eigenvalue weighted by atomic mass is 35.5. The molecule has 0 aliphatic carbocycles. The lowest BCUT2D eigenvalue weighted by Gasteiger charge is -2.15. The molecule has 0 saturated carbocycles. The Balaban J connectivity index is 1.97. The van der Waals surface area contributed by atoms with Gasteiger partial charge in [-0.3, -0.25) is 0 Å². The summed E-state index contributed by atoms with van der Waals surface area (Å²) in [6.07, 6.45) is 0. The standard InChI is InChI=1S/C17H19Cl2N3S/c1-22(2)11-13-6-4-3-5-12(13)10-20-17(23)21-16-8-14(18)7-15(19)9-16/h3-9H,10-11H2,1-2H3,(H2,20,21,23)/p+1. The Morgan fingerprint density at radius 3 is 2.26 bits per heavy atom. The molecule has 23 heavy (non-hydrogen) atoms. The van der Waals surface area contributed by atoms with E-state index in [2.05, 4.69) is 42.9 Å². The molecule has 2 aromatic carbocycles. The Hall–Kier alpha value is -1.33. The van der Waals surface area contributed by atoms with E-state index in [0.29, 0.717) is 21.7 Å². The van der Waals surface area contributed by atoms with Crippen molar-refractivity contribution in [2.45, 2.75) is 13.1 Å². The predicted molar refractivity (Wildman–Crippen MR) is 102 cm³/mol. The SMILES string of the molecule is C[NH+](C)Cc1ccccc1CNC(=S)Nc1cc(Cl)cc(Cl)c1. The van der Waals surface area contributed by atoms with Crippen LogP contribution in [0.25, 0.3) is 0 Å². The average molecular weight is 369 g/mol. The summed E-state index contributed by atoms with van der Waals surface area (Å²) in [5.41, 5.74) is 3.32. The molecule has 0 aliphatic rings. The Labute approximate surface area is 152 Å². The fourth-order valence-corrected chi connectivity index (χ4v) is 2.98. The van der Waals surface area contributed by atoms with Crippen molar-refractivity contribution in [2.75, 3.05) is 19.4 Å². The summed E-state index contributed by atoms with van der Waals surface area (Å²) >= 11 is 17.3. The van der Waals surface area contributed by atoms with Crippen molar-refractivity contribution in [2.24, 2.45) is 0 Å². The molecule has 122 valence electrons. The quantitative estimate of drug-likeness (QED) is 0.708. The Morgan fingerprint density at radius 2 is 1.65 bits per heavy atom. The molecule has 0 fully saturated rings. The molecule has 0 amide bonds. The molecule has 6 heteroatoms. The number of nitrogens with one attached hydrogen (secondary N) is 3. The van der Waals surface area contributed by atoms with Crippen molar-refractivity contribution in [3.63, 3.8) is 0 Å². The van der Waals surface area contributed by atoms with Crippen LogP contribution in [0.2, 0.25) is 10.0 Å². The van der Waals surface area contributed by atoms with E-state index in [0.717, 1.165) is 12.2 Å². The van der Waals surface area contributed by atoms with Gasteiger partial charge in [0, 0.05) is 27.8 Å². The lowest BCUT2D eigenvalue weighted by Crippen LogP contribution is -3.04. The largest absolute Gasteiger partial charge is 0.358 e. The molecule has 0 heterocycles. The second kappa shape index (κ2) is 8.50. The van der Waals surface area contributed by atoms with Gasteiger partial charge in [-0.25, -0.2) is 0 Å². The first-order valence-corrected chi connectivity index (χ1v) is 8.47. The fraction of sp³-hybridized carbons (Fsp3) is 0.235. The van der Waals surface area contributed by atoms with E-state index in [4.69, 9.17) is 35.4 Å². The van der Waals surface area contributed by atoms with E-state index in [1.54, 1.807) is 18.2 Å². The molecule has 0 atom stereocenters. The minimum absolute atomic E-state index is 0.537. The van der Waals surface area contributed by atoms with Gasteiger partial charge in [0.25, 0.3) is 0 Å². The first-order chi connectivity index (χ1) is 10.9. The molecule has 2 aromatic rings. The number of halogens is 2. The Bertz CT molecular complexity index is 669. The van der Waals surface area contributed by atoms with Crippen LogP contribution >= 0.6 is 35.4 Å². The fourth-order valence-electron chi connectivity index (χ4n) is 2.26. The molecule has 3 nitrogen and oxygen atoms in total. The van der Waals surface area contributed by atoms with Crippen LogP contribution < -0.4 is 15.5 Å². The average Bonchev–Trinajstić information content (AvgIpc) is 2.44. The highest BCUT2D eigenvalue weighted by Gasteiger charge is 2.06. The summed E-state index contributed by atoms with van der Waals surface area (Å²) in [6, 6.07) is 13.6. The second-order valence-corrected chi connectivity index (χ2v) is 6.90. The minimum atomic E-state index is 0.537. The van der Waals surface area contributed by atoms with Gasteiger partial charge in [0.1, 0.15) is 6.54 Å². The van der Waals surface area contributed by atoms with Gasteiger partial charge >= 0.3 is 0 Å². The summed E-state index contributed by atoms with van der Waals surface area (Å²) in [7, 11) is 4.28. The smallest absolute Gasteiger partial charge is 0.171 e. The van der Waals surface area contributed by atoms with Crippen molar-refractivity contribution >= 4 is 46.2 Å². The zero-order chi connectivity index (χ0) is 16.8. The number of hydrogen-bond donors (Lipinski definition) is 3. The van der Waals surface area contributed by atoms with E-state index in [1.165, 1.54) is 16.0 Å². The zero-order valence-electron chi connectivity index (χ0n) is 13.1. The zero-order valence-corrected chi connectivity index (χ0v) is 15.4. The maximum absolute atomic E-state index is 5.99. The molecule has 0 saturated heterocycles. The highest BCUT2D eigenvalue weighted by molar-refractivity contribution is 7.80. The monoisotopic (exact) mass is 368 g/mol. The van der Waals surface area contributed by atoms with E-state index in [-0.39, 0.29) is 0 Å². The van der Waals surface area contributed by atoms with Crippen molar-refractivity contribution in [1.82, 2.24) is 5.32 Å². The third-order valence-corrected chi connectivity index (χ3v) is 3.91. The van der Waals surface area contributed by atoms with Gasteiger partial charge in [-0.1, -0.05) is 47.5 Å². The number of rotatable bonds is 5. The second-order valence-electron chi connectivity index (χ2n) is 5.62. The Morgan fingerprint density at radius 1 is 1.04 bits per heavy atom. The number of benzene rings is 2. The summed E-state index contributed by atoms with van der Waals surface area (Å²) in [5.74, 6) is 0. The molecule has 0 radical (unpaired) electrons. The molecule has 2 rings (SSSR count). The van der Waals surface area contributed by atoms with Crippen LogP contribution in [0.5, 0.6) is 0 Å². The molecular formula is C17H20Cl2N3S+. The van der Waals surface area contributed by atoms with Crippen LogP contribution in [0.15, 0.2) is 42.5 Å². The molecule has 3 N–H and O–H groups in total. The van der Waals surface area contributed by atoms with E-state index in [9.17, 15) is 0 Å². The van der Waals surface area contributed by atoms with E-state index in [1.807, 2.05) is 6.07 Å². The van der Waals surface area contributed by atoms with Crippen molar-refractivity contribution in [1.29, 1.82) is 0 Å². The minimum Gasteiger partial charge on any atom is -0.358 e.